The number of ether oxygens (including phenoxy) is 1. The van der Waals surface area contributed by atoms with Crippen LogP contribution < -0.4 is 5.32 Å². The third kappa shape index (κ3) is 5.29. The Hall–Kier alpha value is -2.85. The van der Waals surface area contributed by atoms with Crippen LogP contribution in [0.2, 0.25) is 5.02 Å². The monoisotopic (exact) mass is 539 g/mol. The molecular weight excluding hydrogens is 512 g/mol. The summed E-state index contributed by atoms with van der Waals surface area (Å²) < 4.78 is 61.2. The smallest absolute Gasteiger partial charge is 0.410 e. The average Bonchev–Trinajstić information content (AvgIpc) is 3.21. The van der Waals surface area contributed by atoms with E-state index in [0.717, 1.165) is 10.2 Å². The van der Waals surface area contributed by atoms with Crippen molar-refractivity contribution in [2.24, 2.45) is 0 Å². The largest absolute Gasteiger partial charge is 0.444 e. The lowest BCUT2D eigenvalue weighted by Crippen LogP contribution is -2.44. The van der Waals surface area contributed by atoms with Crippen molar-refractivity contribution in [1.29, 1.82) is 0 Å². The molecule has 1 aromatic heterocycles. The lowest BCUT2D eigenvalue weighted by molar-refractivity contribution is 0.0210. The Bertz CT molecular complexity index is 1380. The Kier molecular flexibility index (Phi) is 7.21. The van der Waals surface area contributed by atoms with Gasteiger partial charge in [-0.25, -0.2) is 26.0 Å². The molecule has 0 spiro atoms. The maximum Gasteiger partial charge on any atom is 0.410 e. The summed E-state index contributed by atoms with van der Waals surface area (Å²) in [5.74, 6) is 0. The van der Waals surface area contributed by atoms with Gasteiger partial charge in [-0.15, -0.1) is 0 Å². The van der Waals surface area contributed by atoms with E-state index in [2.05, 4.69) is 5.32 Å². The molecule has 2 heterocycles. The highest BCUT2D eigenvalue weighted by atomic mass is 35.5. The number of amides is 1. The number of carbonyl (C=O) groups excluding carboxylic acids is 1. The lowest BCUT2D eigenvalue weighted by Gasteiger charge is -2.34. The number of fused-ring (bicyclic) bond motifs is 1. The summed E-state index contributed by atoms with van der Waals surface area (Å²) in [7, 11) is -4.23. The molecule has 3 aromatic rings. The predicted molar refractivity (Wildman–Crippen MR) is 135 cm³/mol. The van der Waals surface area contributed by atoms with Gasteiger partial charge in [-0.05, 0) is 57.9 Å². The summed E-state index contributed by atoms with van der Waals surface area (Å²) in [6.07, 6.45) is -1.15. The van der Waals surface area contributed by atoms with E-state index in [1.165, 1.54) is 24.3 Å². The third-order valence-electron chi connectivity index (χ3n) is 5.94. The van der Waals surface area contributed by atoms with Crippen molar-refractivity contribution in [2.75, 3.05) is 18.4 Å². The molecule has 0 radical (unpaired) electrons. The lowest BCUT2D eigenvalue weighted by atomic mass is 10.0. The topological polar surface area (TPSA) is 80.6 Å². The minimum Gasteiger partial charge on any atom is -0.444 e. The fourth-order valence-electron chi connectivity index (χ4n) is 4.28. The number of benzene rings is 2. The number of alkyl halides is 2. The van der Waals surface area contributed by atoms with Crippen LogP contribution in [0, 0.1) is 0 Å². The fourth-order valence-corrected chi connectivity index (χ4v) is 6.15. The Morgan fingerprint density at radius 2 is 1.78 bits per heavy atom. The highest BCUT2D eigenvalue weighted by Gasteiger charge is 2.30. The van der Waals surface area contributed by atoms with Crippen LogP contribution in [0.3, 0.4) is 0 Å². The first kappa shape index (κ1) is 26.2. The Morgan fingerprint density at radius 1 is 1.11 bits per heavy atom. The van der Waals surface area contributed by atoms with Gasteiger partial charge in [0.1, 0.15) is 10.5 Å². The molecule has 0 bridgehead atoms. The van der Waals surface area contributed by atoms with Gasteiger partial charge in [-0.3, -0.25) is 0 Å². The molecule has 1 N–H and O–H groups in total. The van der Waals surface area contributed by atoms with Gasteiger partial charge in [0.15, 0.2) is 0 Å². The van der Waals surface area contributed by atoms with Gasteiger partial charge in [0.25, 0.3) is 16.4 Å². The predicted octanol–water partition coefficient (Wildman–Crippen LogP) is 6.28. The Labute approximate surface area is 214 Å². The summed E-state index contributed by atoms with van der Waals surface area (Å²) in [5, 5.41) is 3.44. The molecule has 4 rings (SSSR count). The van der Waals surface area contributed by atoms with Gasteiger partial charge in [-0.2, -0.15) is 0 Å². The van der Waals surface area contributed by atoms with E-state index in [0.29, 0.717) is 31.6 Å². The number of aromatic nitrogens is 1. The van der Waals surface area contributed by atoms with Crippen LogP contribution in [0.15, 0.2) is 53.6 Å². The number of carbonyl (C=O) groups is 1. The zero-order chi connectivity index (χ0) is 26.3. The Morgan fingerprint density at radius 3 is 2.39 bits per heavy atom. The summed E-state index contributed by atoms with van der Waals surface area (Å²) in [6, 6.07) is 10.6. The number of anilines is 1. The van der Waals surface area contributed by atoms with E-state index in [1.54, 1.807) is 43.9 Å². The highest BCUT2D eigenvalue weighted by Crippen LogP contribution is 2.38. The second-order valence-corrected chi connectivity index (χ2v) is 11.9. The van der Waals surface area contributed by atoms with Crippen LogP contribution in [0.25, 0.3) is 10.9 Å². The fraction of sp³-hybridized carbons (Fsp3) is 0.400. The van der Waals surface area contributed by atoms with Gasteiger partial charge >= 0.3 is 6.09 Å². The molecule has 0 aliphatic carbocycles. The van der Waals surface area contributed by atoms with Gasteiger partial charge in [0.2, 0.25) is 0 Å². The van der Waals surface area contributed by atoms with E-state index in [4.69, 9.17) is 16.3 Å². The summed E-state index contributed by atoms with van der Waals surface area (Å²) in [4.78, 5) is 13.8. The van der Waals surface area contributed by atoms with Crippen molar-refractivity contribution in [3.63, 3.8) is 0 Å². The first-order valence-electron chi connectivity index (χ1n) is 11.5. The second-order valence-electron chi connectivity index (χ2n) is 9.70. The zero-order valence-electron chi connectivity index (χ0n) is 20.2. The van der Waals surface area contributed by atoms with Crippen LogP contribution in [-0.4, -0.2) is 48.1 Å². The number of piperidine rings is 1. The summed E-state index contributed by atoms with van der Waals surface area (Å²) in [5.41, 5.74) is -0.451. The van der Waals surface area contributed by atoms with E-state index in [1.807, 2.05) is 0 Å². The van der Waals surface area contributed by atoms with Crippen molar-refractivity contribution in [2.45, 2.75) is 56.6 Å². The number of nitrogens with zero attached hydrogens (tertiary/aromatic N) is 2. The number of halogens is 3. The van der Waals surface area contributed by atoms with E-state index in [9.17, 15) is 22.0 Å². The quantitative estimate of drug-likeness (QED) is 0.412. The molecule has 11 heteroatoms. The number of hydrogen-bond donors (Lipinski definition) is 1. The molecule has 1 amide bonds. The molecule has 2 aromatic carbocycles. The number of rotatable bonds is 5. The molecule has 7 nitrogen and oxygen atoms in total. The van der Waals surface area contributed by atoms with E-state index < -0.39 is 27.6 Å². The van der Waals surface area contributed by atoms with E-state index in [-0.39, 0.29) is 33.0 Å². The first-order valence-corrected chi connectivity index (χ1v) is 13.4. The van der Waals surface area contributed by atoms with Crippen molar-refractivity contribution < 1.29 is 26.7 Å². The SMILES string of the molecule is CC(C)(C)OC(=O)N1CCC(Nc2cccc3c2c(C(F)F)cn3S(=O)(=O)c2ccccc2Cl)CC1. The van der Waals surface area contributed by atoms with Crippen LogP contribution >= 0.6 is 11.6 Å². The van der Waals surface area contributed by atoms with Gasteiger partial charge in [0, 0.05) is 42.0 Å². The first-order chi connectivity index (χ1) is 16.9. The van der Waals surface area contributed by atoms with E-state index >= 15 is 0 Å². The molecule has 0 unspecified atom stereocenters. The molecule has 36 heavy (non-hydrogen) atoms. The minimum atomic E-state index is -4.23. The van der Waals surface area contributed by atoms with Gasteiger partial charge in [0.05, 0.1) is 10.5 Å². The van der Waals surface area contributed by atoms with Crippen LogP contribution in [0.1, 0.15) is 45.6 Å². The van der Waals surface area contributed by atoms with Crippen LogP contribution in [-0.2, 0) is 14.8 Å². The second kappa shape index (κ2) is 9.89. The number of hydrogen-bond acceptors (Lipinski definition) is 5. The van der Waals surface area contributed by atoms with Crippen molar-refractivity contribution >= 4 is 44.3 Å². The number of likely N-dealkylation sites (tertiary alicyclic amines) is 1. The minimum absolute atomic E-state index is 0.00368. The summed E-state index contributed by atoms with van der Waals surface area (Å²) in [6.45, 7) is 6.31. The molecular formula is C25H28ClF2N3O4S. The van der Waals surface area contributed by atoms with Gasteiger partial charge < -0.3 is 15.0 Å². The maximum atomic E-state index is 14.1. The molecule has 194 valence electrons. The maximum absolute atomic E-state index is 14.1. The zero-order valence-corrected chi connectivity index (χ0v) is 21.7. The van der Waals surface area contributed by atoms with Crippen molar-refractivity contribution in [1.82, 2.24) is 8.87 Å². The summed E-state index contributed by atoms with van der Waals surface area (Å²) >= 11 is 6.12. The molecule has 0 atom stereocenters. The molecule has 1 aliphatic heterocycles. The third-order valence-corrected chi connectivity index (χ3v) is 8.11. The number of nitrogens with one attached hydrogen (secondary N) is 1. The van der Waals surface area contributed by atoms with Crippen LogP contribution in [0.5, 0.6) is 0 Å². The van der Waals surface area contributed by atoms with Crippen molar-refractivity contribution in [3.8, 4) is 0 Å². The average molecular weight is 540 g/mol. The molecule has 1 aliphatic rings. The van der Waals surface area contributed by atoms with Gasteiger partial charge in [-0.1, -0.05) is 29.8 Å². The van der Waals surface area contributed by atoms with Crippen LogP contribution in [0.4, 0.5) is 19.3 Å². The molecule has 1 saturated heterocycles. The standard InChI is InChI=1S/C25H28ClF2N3O4S/c1-25(2,3)35-24(32)30-13-11-16(12-14-30)29-19-8-6-9-20-22(19)17(23(27)28)15-31(20)36(33,34)21-10-5-4-7-18(21)26/h4-10,15-16,23,29H,11-14H2,1-3H3. The van der Waals surface area contributed by atoms with Crippen molar-refractivity contribution in [3.05, 3.63) is 59.2 Å². The molecule has 1 fully saturated rings. The normalized spacial score (nSPS) is 15.5. The Balaban J connectivity index is 1.64. The molecule has 0 saturated carbocycles. The highest BCUT2D eigenvalue weighted by molar-refractivity contribution is 7.90.